The van der Waals surface area contributed by atoms with Gasteiger partial charge in [-0.3, -0.25) is 0 Å². The number of benzene rings is 1. The average molecular weight is 388 g/mol. The molecule has 1 N–H and O–H groups in total. The molecule has 21 heavy (non-hydrogen) atoms. The van der Waals surface area contributed by atoms with Gasteiger partial charge in [0.1, 0.15) is 5.03 Å². The van der Waals surface area contributed by atoms with E-state index in [1.807, 2.05) is 18.2 Å². The molecule has 112 valence electrons. The van der Waals surface area contributed by atoms with Crippen LogP contribution in [0.5, 0.6) is 0 Å². The van der Waals surface area contributed by atoms with Crippen LogP contribution in [0.3, 0.4) is 0 Å². The predicted octanol–water partition coefficient (Wildman–Crippen LogP) is 4.38. The minimum Gasteiger partial charge on any atom is -0.383 e. The Morgan fingerprint density at radius 1 is 1.38 bits per heavy atom. The van der Waals surface area contributed by atoms with E-state index in [4.69, 9.17) is 16.3 Å². The van der Waals surface area contributed by atoms with Crippen molar-refractivity contribution < 1.29 is 4.74 Å². The number of hydrogen-bond acceptors (Lipinski definition) is 4. The van der Waals surface area contributed by atoms with Crippen molar-refractivity contribution in [2.75, 3.05) is 20.3 Å². The molecule has 3 nitrogen and oxygen atoms in total. The smallest absolute Gasteiger partial charge is 0.119 e. The van der Waals surface area contributed by atoms with Crippen molar-refractivity contribution in [2.45, 2.75) is 16.5 Å². The first-order valence-corrected chi connectivity index (χ1v) is 8.46. The van der Waals surface area contributed by atoms with Gasteiger partial charge in [0.2, 0.25) is 0 Å². The molecule has 2 aromatic rings. The second-order valence-corrected chi connectivity index (χ2v) is 6.67. The van der Waals surface area contributed by atoms with E-state index >= 15 is 0 Å². The van der Waals surface area contributed by atoms with E-state index in [9.17, 15) is 0 Å². The van der Waals surface area contributed by atoms with Gasteiger partial charge < -0.3 is 10.1 Å². The average Bonchev–Trinajstić information content (AvgIpc) is 2.48. The van der Waals surface area contributed by atoms with Crippen LogP contribution in [0.1, 0.15) is 5.56 Å². The highest BCUT2D eigenvalue weighted by Gasteiger charge is 2.09. The van der Waals surface area contributed by atoms with Gasteiger partial charge in [-0.25, -0.2) is 4.98 Å². The zero-order valence-electron chi connectivity index (χ0n) is 11.6. The van der Waals surface area contributed by atoms with Gasteiger partial charge in [-0.15, -0.1) is 0 Å². The Hall–Kier alpha value is -0.590. The molecule has 1 aromatic heterocycles. The highest BCUT2D eigenvalue weighted by molar-refractivity contribution is 9.10. The maximum Gasteiger partial charge on any atom is 0.119 e. The molecule has 1 heterocycles. The monoisotopic (exact) mass is 386 g/mol. The summed E-state index contributed by atoms with van der Waals surface area (Å²) in [5.74, 6) is 0. The van der Waals surface area contributed by atoms with Gasteiger partial charge in [-0.05, 0) is 29.8 Å². The molecule has 0 amide bonds. The Bertz CT molecular complexity index is 598. The number of pyridine rings is 1. The molecule has 0 unspecified atom stereocenters. The highest BCUT2D eigenvalue weighted by atomic mass is 79.9. The fraction of sp³-hybridized carbons (Fsp3) is 0.267. The van der Waals surface area contributed by atoms with Crippen molar-refractivity contribution >= 4 is 39.3 Å². The molecule has 0 saturated heterocycles. The molecule has 0 bridgehead atoms. The number of ether oxygens (including phenoxy) is 1. The van der Waals surface area contributed by atoms with E-state index in [2.05, 4.69) is 38.4 Å². The molecule has 0 saturated carbocycles. The Morgan fingerprint density at radius 3 is 3.00 bits per heavy atom. The molecular formula is C15H16BrClN2OS. The molecule has 0 fully saturated rings. The molecule has 0 atom stereocenters. The summed E-state index contributed by atoms with van der Waals surface area (Å²) in [7, 11) is 1.70. The van der Waals surface area contributed by atoms with Crippen LogP contribution in [0, 0.1) is 0 Å². The first kappa shape index (κ1) is 16.8. The molecule has 0 aliphatic heterocycles. The Kier molecular flexibility index (Phi) is 6.99. The Balaban J connectivity index is 2.13. The van der Waals surface area contributed by atoms with E-state index in [1.165, 1.54) is 5.56 Å². The summed E-state index contributed by atoms with van der Waals surface area (Å²) in [6, 6.07) is 9.91. The largest absolute Gasteiger partial charge is 0.383 e. The zero-order chi connectivity index (χ0) is 15.1. The highest BCUT2D eigenvalue weighted by Crippen LogP contribution is 2.34. The lowest BCUT2D eigenvalue weighted by atomic mass is 10.2. The normalized spacial score (nSPS) is 10.8. The van der Waals surface area contributed by atoms with Crippen LogP contribution in [0.4, 0.5) is 0 Å². The summed E-state index contributed by atoms with van der Waals surface area (Å²) in [4.78, 5) is 5.46. The topological polar surface area (TPSA) is 34.1 Å². The van der Waals surface area contributed by atoms with Crippen LogP contribution in [0.15, 0.2) is 50.9 Å². The lowest BCUT2D eigenvalue weighted by Gasteiger charge is -2.11. The van der Waals surface area contributed by atoms with Crippen molar-refractivity contribution in [1.29, 1.82) is 0 Å². The van der Waals surface area contributed by atoms with Gasteiger partial charge in [0.25, 0.3) is 0 Å². The summed E-state index contributed by atoms with van der Waals surface area (Å²) in [6.45, 7) is 2.30. The van der Waals surface area contributed by atoms with Crippen LogP contribution in [0.2, 0.25) is 5.02 Å². The maximum absolute atomic E-state index is 6.18. The number of hydrogen-bond donors (Lipinski definition) is 1. The van der Waals surface area contributed by atoms with E-state index < -0.39 is 0 Å². The predicted molar refractivity (Wildman–Crippen MR) is 91.1 cm³/mol. The number of halogens is 2. The number of methoxy groups -OCH3 is 1. The molecule has 2 rings (SSSR count). The zero-order valence-corrected chi connectivity index (χ0v) is 14.8. The van der Waals surface area contributed by atoms with Crippen LogP contribution in [0.25, 0.3) is 0 Å². The summed E-state index contributed by atoms with van der Waals surface area (Å²) < 4.78 is 6.08. The Morgan fingerprint density at radius 2 is 2.24 bits per heavy atom. The lowest BCUT2D eigenvalue weighted by molar-refractivity contribution is 0.199. The van der Waals surface area contributed by atoms with Crippen molar-refractivity contribution in [3.63, 3.8) is 0 Å². The van der Waals surface area contributed by atoms with Crippen LogP contribution >= 0.6 is 39.3 Å². The molecule has 6 heteroatoms. The van der Waals surface area contributed by atoms with Gasteiger partial charge in [-0.1, -0.05) is 45.4 Å². The fourth-order valence-electron chi connectivity index (χ4n) is 1.72. The van der Waals surface area contributed by atoms with Crippen molar-refractivity contribution in [3.8, 4) is 0 Å². The third-order valence-corrected chi connectivity index (χ3v) is 4.79. The van der Waals surface area contributed by atoms with Gasteiger partial charge in [0.05, 0.1) is 11.6 Å². The standard InChI is InChI=1S/C15H16BrClN2OS/c1-20-8-7-18-10-11-4-5-12(16)9-14(11)21-15-13(17)3-2-6-19-15/h2-6,9,18H,7-8,10H2,1H3. The Labute approximate surface area is 142 Å². The third kappa shape index (κ3) is 5.27. The minimum absolute atomic E-state index is 0.667. The molecule has 1 aromatic carbocycles. The fourth-order valence-corrected chi connectivity index (χ4v) is 3.41. The molecule has 0 radical (unpaired) electrons. The van der Waals surface area contributed by atoms with Crippen LogP contribution in [-0.4, -0.2) is 25.2 Å². The molecule has 0 aliphatic carbocycles. The van der Waals surface area contributed by atoms with E-state index in [0.717, 1.165) is 27.5 Å². The summed E-state index contributed by atoms with van der Waals surface area (Å²) in [6.07, 6.45) is 1.75. The second kappa shape index (κ2) is 8.76. The van der Waals surface area contributed by atoms with Crippen molar-refractivity contribution in [2.24, 2.45) is 0 Å². The summed E-state index contributed by atoms with van der Waals surface area (Å²) in [5, 5.41) is 4.84. The van der Waals surface area contributed by atoms with Gasteiger partial charge in [0.15, 0.2) is 0 Å². The van der Waals surface area contributed by atoms with Crippen LogP contribution < -0.4 is 5.32 Å². The molecule has 0 spiro atoms. The number of aromatic nitrogens is 1. The number of nitrogens with zero attached hydrogens (tertiary/aromatic N) is 1. The minimum atomic E-state index is 0.667. The van der Waals surface area contributed by atoms with E-state index in [-0.39, 0.29) is 0 Å². The van der Waals surface area contributed by atoms with Gasteiger partial charge in [-0.2, -0.15) is 0 Å². The van der Waals surface area contributed by atoms with E-state index in [1.54, 1.807) is 25.1 Å². The quantitative estimate of drug-likeness (QED) is 0.715. The van der Waals surface area contributed by atoms with Crippen molar-refractivity contribution in [3.05, 3.63) is 51.6 Å². The summed E-state index contributed by atoms with van der Waals surface area (Å²) in [5.41, 5.74) is 1.21. The molecular weight excluding hydrogens is 372 g/mol. The number of rotatable bonds is 7. The first-order valence-electron chi connectivity index (χ1n) is 6.47. The van der Waals surface area contributed by atoms with Crippen LogP contribution in [-0.2, 0) is 11.3 Å². The first-order chi connectivity index (χ1) is 10.2. The number of nitrogens with one attached hydrogen (secondary N) is 1. The van der Waals surface area contributed by atoms with Crippen molar-refractivity contribution in [1.82, 2.24) is 10.3 Å². The third-order valence-electron chi connectivity index (χ3n) is 2.76. The molecule has 0 aliphatic rings. The van der Waals surface area contributed by atoms with Gasteiger partial charge in [0, 0.05) is 35.8 Å². The van der Waals surface area contributed by atoms with Gasteiger partial charge >= 0.3 is 0 Å². The maximum atomic E-state index is 6.18. The summed E-state index contributed by atoms with van der Waals surface area (Å²) >= 11 is 11.3. The lowest BCUT2D eigenvalue weighted by Crippen LogP contribution is -2.18. The van der Waals surface area contributed by atoms with E-state index in [0.29, 0.717) is 11.6 Å². The SMILES string of the molecule is COCCNCc1ccc(Br)cc1Sc1ncccc1Cl. The second-order valence-electron chi connectivity index (χ2n) is 4.31.